The molecule has 2 atom stereocenters. The third kappa shape index (κ3) is 8.76. The molecule has 0 saturated carbocycles. The Bertz CT molecular complexity index is 718. The monoisotopic (exact) mass is 409 g/mol. The minimum atomic E-state index is -1.07. The molecule has 0 aromatic heterocycles. The van der Waals surface area contributed by atoms with Crippen LogP contribution in [0.5, 0.6) is 5.75 Å². The molecule has 1 rings (SSSR count). The number of amides is 1. The van der Waals surface area contributed by atoms with Gasteiger partial charge in [-0.1, -0.05) is 0 Å². The fourth-order valence-corrected chi connectivity index (χ4v) is 2.23. The second-order valence-corrected chi connectivity index (χ2v) is 6.77. The van der Waals surface area contributed by atoms with Crippen LogP contribution in [-0.2, 0) is 9.53 Å². The molecule has 0 aliphatic rings. The molecule has 0 heterocycles. The van der Waals surface area contributed by atoms with Crippen LogP contribution in [-0.4, -0.2) is 55.0 Å². The minimum absolute atomic E-state index is 0.00575. The van der Waals surface area contributed by atoms with Crippen LogP contribution in [0.1, 0.15) is 26.7 Å². The van der Waals surface area contributed by atoms with Gasteiger partial charge in [-0.05, 0) is 51.0 Å². The van der Waals surface area contributed by atoms with Crippen LogP contribution in [0, 0.1) is 17.3 Å². The normalized spacial score (nSPS) is 13.9. The molecule has 0 spiro atoms. The highest BCUT2D eigenvalue weighted by Gasteiger charge is 2.31. The first-order valence-corrected chi connectivity index (χ1v) is 9.07. The summed E-state index contributed by atoms with van der Waals surface area (Å²) in [6.07, 6.45) is 1.50. The summed E-state index contributed by atoms with van der Waals surface area (Å²) in [5.41, 5.74) is 4.40. The van der Waals surface area contributed by atoms with Gasteiger partial charge in [-0.25, -0.2) is 4.39 Å². The van der Waals surface area contributed by atoms with Crippen molar-refractivity contribution in [3.8, 4) is 11.9 Å². The Morgan fingerprint density at radius 2 is 2.07 bits per heavy atom. The first-order chi connectivity index (χ1) is 13.7. The highest BCUT2D eigenvalue weighted by Crippen LogP contribution is 2.14. The zero-order chi connectivity index (χ0) is 21.9. The molecule has 0 aliphatic heterocycles. The summed E-state index contributed by atoms with van der Waals surface area (Å²) in [4.78, 5) is 16.4. The average molecular weight is 409 g/mol. The van der Waals surface area contributed by atoms with Crippen LogP contribution in [0.4, 0.5) is 4.39 Å². The number of halogens is 1. The van der Waals surface area contributed by atoms with Crippen molar-refractivity contribution in [3.05, 3.63) is 30.1 Å². The number of benzene rings is 1. The lowest BCUT2D eigenvalue weighted by Crippen LogP contribution is -2.52. The van der Waals surface area contributed by atoms with Crippen LogP contribution in [0.2, 0.25) is 0 Å². The number of carbonyl (C=O) groups is 1. The summed E-state index contributed by atoms with van der Waals surface area (Å²) in [7, 11) is 1.42. The van der Waals surface area contributed by atoms with Gasteiger partial charge in [0.25, 0.3) is 5.91 Å². The molecule has 10 heteroatoms. The summed E-state index contributed by atoms with van der Waals surface area (Å²) < 4.78 is 23.6. The lowest BCUT2D eigenvalue weighted by molar-refractivity contribution is -0.141. The number of nitrogens with two attached hydrogens (primary N) is 1. The molecule has 1 amide bonds. The summed E-state index contributed by atoms with van der Waals surface area (Å²) >= 11 is 0. The van der Waals surface area contributed by atoms with E-state index in [0.717, 1.165) is 0 Å². The maximum atomic E-state index is 13.0. The number of methoxy groups -OCH3 is 1. The number of carbonyl (C=O) groups excluding carboxylic acids is 1. The zero-order valence-electron chi connectivity index (χ0n) is 16.8. The van der Waals surface area contributed by atoms with Gasteiger partial charge < -0.3 is 25.6 Å². The summed E-state index contributed by atoms with van der Waals surface area (Å²) in [5, 5.41) is 24.0. The number of hydrogen-bond donors (Lipinski definition) is 4. The molecule has 0 fully saturated rings. The number of nitriles is 1. The van der Waals surface area contributed by atoms with Crippen molar-refractivity contribution in [3.63, 3.8) is 0 Å². The molecule has 0 aliphatic carbocycles. The van der Waals surface area contributed by atoms with E-state index in [2.05, 4.69) is 15.6 Å². The molecule has 29 heavy (non-hydrogen) atoms. The summed E-state index contributed by atoms with van der Waals surface area (Å²) in [6.45, 7) is 3.41. The van der Waals surface area contributed by atoms with Gasteiger partial charge in [-0.2, -0.15) is 5.26 Å². The van der Waals surface area contributed by atoms with Gasteiger partial charge in [0, 0.05) is 13.7 Å². The highest BCUT2D eigenvalue weighted by atomic mass is 19.1. The van der Waals surface area contributed by atoms with Crippen molar-refractivity contribution in [1.29, 1.82) is 5.26 Å². The van der Waals surface area contributed by atoms with Crippen LogP contribution >= 0.6 is 0 Å². The second kappa shape index (κ2) is 11.8. The van der Waals surface area contributed by atoms with E-state index in [1.165, 1.54) is 31.4 Å². The van der Waals surface area contributed by atoms with E-state index in [9.17, 15) is 14.3 Å². The van der Waals surface area contributed by atoms with Crippen LogP contribution in [0.25, 0.3) is 0 Å². The zero-order valence-corrected chi connectivity index (χ0v) is 16.8. The Balaban J connectivity index is 2.71. The molecular weight excluding hydrogens is 381 g/mol. The number of aliphatic hydroxyl groups excluding tert-OH is 1. The van der Waals surface area contributed by atoms with E-state index in [1.807, 2.05) is 0 Å². The predicted molar refractivity (Wildman–Crippen MR) is 105 cm³/mol. The Hall–Kier alpha value is -2.90. The number of aliphatic hydroxyl groups is 1. The SMILES string of the molecule is COC(C)(C)C(=O)N[C@@H](CCCN=C(N)NC#N)C(O)COc1ccc(F)cc1. The lowest BCUT2D eigenvalue weighted by atomic mass is 10.0. The molecule has 1 aromatic rings. The molecule has 0 bridgehead atoms. The van der Waals surface area contributed by atoms with E-state index in [4.69, 9.17) is 20.5 Å². The Morgan fingerprint density at radius 1 is 1.41 bits per heavy atom. The summed E-state index contributed by atoms with van der Waals surface area (Å²) in [5.74, 6) is -0.392. The van der Waals surface area contributed by atoms with Gasteiger partial charge in [0.15, 0.2) is 6.19 Å². The lowest BCUT2D eigenvalue weighted by Gasteiger charge is -2.29. The number of guanidine groups is 1. The first-order valence-electron chi connectivity index (χ1n) is 9.07. The largest absolute Gasteiger partial charge is 0.491 e. The van der Waals surface area contributed by atoms with E-state index >= 15 is 0 Å². The molecule has 0 radical (unpaired) electrons. The number of rotatable bonds is 11. The topological polar surface area (TPSA) is 142 Å². The van der Waals surface area contributed by atoms with Crippen molar-refractivity contribution in [2.45, 2.75) is 44.4 Å². The Labute approximate surface area is 169 Å². The Kier molecular flexibility index (Phi) is 9.85. The molecule has 0 saturated heterocycles. The maximum Gasteiger partial charge on any atom is 0.251 e. The van der Waals surface area contributed by atoms with Crippen molar-refractivity contribution in [2.24, 2.45) is 10.7 Å². The second-order valence-electron chi connectivity index (χ2n) is 6.77. The summed E-state index contributed by atoms with van der Waals surface area (Å²) in [6, 6.07) is 4.75. The molecule has 160 valence electrons. The van der Waals surface area contributed by atoms with E-state index in [1.54, 1.807) is 20.0 Å². The molecule has 1 unspecified atom stereocenters. The fourth-order valence-electron chi connectivity index (χ4n) is 2.23. The smallest absolute Gasteiger partial charge is 0.251 e. The fraction of sp³-hybridized carbons (Fsp3) is 0.526. The molecule has 1 aromatic carbocycles. The van der Waals surface area contributed by atoms with E-state index in [0.29, 0.717) is 25.1 Å². The van der Waals surface area contributed by atoms with Crippen molar-refractivity contribution in [2.75, 3.05) is 20.3 Å². The minimum Gasteiger partial charge on any atom is -0.491 e. The van der Waals surface area contributed by atoms with Gasteiger partial charge in [-0.15, -0.1) is 0 Å². The molecular formula is C19H28FN5O4. The van der Waals surface area contributed by atoms with Crippen molar-refractivity contribution < 1.29 is 23.8 Å². The number of nitrogens with zero attached hydrogens (tertiary/aromatic N) is 2. The van der Waals surface area contributed by atoms with Gasteiger partial charge in [0.2, 0.25) is 5.96 Å². The van der Waals surface area contributed by atoms with Crippen LogP contribution < -0.4 is 21.1 Å². The Morgan fingerprint density at radius 3 is 2.66 bits per heavy atom. The van der Waals surface area contributed by atoms with Crippen LogP contribution in [0.15, 0.2) is 29.3 Å². The van der Waals surface area contributed by atoms with Gasteiger partial charge in [-0.3, -0.25) is 15.1 Å². The van der Waals surface area contributed by atoms with Gasteiger partial charge in [0.1, 0.15) is 29.9 Å². The quantitative estimate of drug-likeness (QED) is 0.138. The van der Waals surface area contributed by atoms with Gasteiger partial charge in [0.05, 0.1) is 6.04 Å². The molecule has 9 nitrogen and oxygen atoms in total. The highest BCUT2D eigenvalue weighted by molar-refractivity contribution is 5.84. The third-order valence-corrected chi connectivity index (χ3v) is 4.21. The van der Waals surface area contributed by atoms with E-state index < -0.39 is 23.6 Å². The predicted octanol–water partition coefficient (Wildman–Crippen LogP) is 0.641. The number of hydrogen-bond acceptors (Lipinski definition) is 6. The first kappa shape index (κ1) is 24.1. The van der Waals surface area contributed by atoms with Crippen molar-refractivity contribution >= 4 is 11.9 Å². The van der Waals surface area contributed by atoms with Gasteiger partial charge >= 0.3 is 0 Å². The standard InChI is InChI=1S/C19H28FN5O4/c1-19(2,28-3)17(27)25-15(5-4-10-23-18(22)24-12-21)16(26)11-29-14-8-6-13(20)7-9-14/h6-9,15-16,26H,4-5,10-11H2,1-3H3,(H,25,27)(H3,22,23,24)/t15-,16?/m0/s1. The van der Waals surface area contributed by atoms with E-state index in [-0.39, 0.29) is 18.5 Å². The van der Waals surface area contributed by atoms with Crippen molar-refractivity contribution in [1.82, 2.24) is 10.6 Å². The van der Waals surface area contributed by atoms with Crippen LogP contribution in [0.3, 0.4) is 0 Å². The molecule has 5 N–H and O–H groups in total. The average Bonchev–Trinajstić information content (AvgIpc) is 2.69. The third-order valence-electron chi connectivity index (χ3n) is 4.21. The maximum absolute atomic E-state index is 13.0. The number of aliphatic imine (C=N–C) groups is 1. The number of nitrogens with one attached hydrogen (secondary N) is 2. The number of ether oxygens (including phenoxy) is 2.